The summed E-state index contributed by atoms with van der Waals surface area (Å²) in [5.41, 5.74) is 2.39. The van der Waals surface area contributed by atoms with Gasteiger partial charge in [0.2, 0.25) is 5.91 Å². The minimum Gasteiger partial charge on any atom is -0.392 e. The Labute approximate surface area is 185 Å². The molecule has 158 valence electrons. The fourth-order valence-electron chi connectivity index (χ4n) is 2.96. The van der Waals surface area contributed by atoms with Crippen LogP contribution in [0.5, 0.6) is 0 Å². The number of carbonyl (C=O) groups is 1. The molecule has 1 atom stereocenters. The van der Waals surface area contributed by atoms with Crippen molar-refractivity contribution in [1.29, 1.82) is 0 Å². The van der Waals surface area contributed by atoms with Crippen LogP contribution in [0.15, 0.2) is 29.3 Å². The number of aliphatic hydroxyl groups excluding tert-OH is 1. The molecule has 0 spiro atoms. The molecule has 8 heteroatoms. The number of carbonyl (C=O) groups excluding carboxylic acids is 1. The molecule has 2 rings (SSSR count). The van der Waals surface area contributed by atoms with Gasteiger partial charge in [-0.1, -0.05) is 31.2 Å². The number of nitrogens with zero attached hydrogens (tertiary/aromatic N) is 3. The summed E-state index contributed by atoms with van der Waals surface area (Å²) in [6.45, 7) is 6.14. The molecule has 1 saturated heterocycles. The molecule has 1 amide bonds. The van der Waals surface area contributed by atoms with Crippen molar-refractivity contribution < 1.29 is 9.90 Å². The molecule has 3 N–H and O–H groups in total. The Kier molecular flexibility index (Phi) is 11.4. The Morgan fingerprint density at radius 3 is 2.61 bits per heavy atom. The van der Waals surface area contributed by atoms with Gasteiger partial charge in [-0.25, -0.2) is 4.99 Å². The highest BCUT2D eigenvalue weighted by Gasteiger charge is 2.20. The second-order valence-corrected chi connectivity index (χ2v) is 7.18. The highest BCUT2D eigenvalue weighted by Crippen LogP contribution is 2.17. The number of hydrogen-bond acceptors (Lipinski definition) is 4. The molecule has 28 heavy (non-hydrogen) atoms. The molecule has 1 aromatic carbocycles. The number of aliphatic imine (C=N–C) groups is 1. The van der Waals surface area contributed by atoms with Crippen molar-refractivity contribution in [2.45, 2.75) is 39.0 Å². The summed E-state index contributed by atoms with van der Waals surface area (Å²) in [7, 11) is 3.48. The molecular weight excluding hydrogens is 469 g/mol. The zero-order chi connectivity index (χ0) is 19.6. The van der Waals surface area contributed by atoms with E-state index in [4.69, 9.17) is 0 Å². The molecule has 1 fully saturated rings. The van der Waals surface area contributed by atoms with Crippen LogP contribution in [0.25, 0.3) is 0 Å². The second-order valence-electron chi connectivity index (χ2n) is 7.18. The van der Waals surface area contributed by atoms with Crippen LogP contribution in [-0.2, 0) is 17.9 Å². The number of guanidine groups is 1. The van der Waals surface area contributed by atoms with Crippen molar-refractivity contribution in [2.75, 3.05) is 40.3 Å². The molecule has 0 aromatic heterocycles. The van der Waals surface area contributed by atoms with Gasteiger partial charge in [-0.05, 0) is 24.0 Å². The fourth-order valence-corrected chi connectivity index (χ4v) is 2.96. The number of rotatable bonds is 8. The van der Waals surface area contributed by atoms with E-state index in [1.54, 1.807) is 19.0 Å². The number of aliphatic hydroxyl groups is 1. The van der Waals surface area contributed by atoms with E-state index < -0.39 is 0 Å². The van der Waals surface area contributed by atoms with Crippen LogP contribution in [-0.4, -0.2) is 73.2 Å². The summed E-state index contributed by atoms with van der Waals surface area (Å²) in [5, 5.41) is 16.1. The molecule has 1 aromatic rings. The molecule has 1 aliphatic rings. The van der Waals surface area contributed by atoms with Gasteiger partial charge < -0.3 is 20.6 Å². The number of likely N-dealkylation sites (N-methyl/N-ethyl adjacent to an activating group) is 1. The molecule has 0 aliphatic carbocycles. The maximum atomic E-state index is 11.8. The van der Waals surface area contributed by atoms with Gasteiger partial charge in [-0.15, -0.1) is 24.0 Å². The van der Waals surface area contributed by atoms with Crippen LogP contribution in [0.4, 0.5) is 0 Å². The lowest BCUT2D eigenvalue weighted by atomic mass is 10.1. The van der Waals surface area contributed by atoms with Gasteiger partial charge in [0.25, 0.3) is 0 Å². The lowest BCUT2D eigenvalue weighted by Gasteiger charge is -2.18. The molecular formula is C20H34IN5O2. The maximum Gasteiger partial charge on any atom is 0.241 e. The lowest BCUT2D eigenvalue weighted by molar-refractivity contribution is -0.127. The van der Waals surface area contributed by atoms with Crippen molar-refractivity contribution in [3.05, 3.63) is 35.4 Å². The van der Waals surface area contributed by atoms with Crippen LogP contribution < -0.4 is 10.6 Å². The van der Waals surface area contributed by atoms with Crippen molar-refractivity contribution in [3.63, 3.8) is 0 Å². The molecule has 1 heterocycles. The Morgan fingerprint density at radius 1 is 1.29 bits per heavy atom. The third kappa shape index (κ3) is 8.32. The Bertz CT molecular complexity index is 639. The van der Waals surface area contributed by atoms with Crippen molar-refractivity contribution in [1.82, 2.24) is 20.4 Å². The van der Waals surface area contributed by atoms with Crippen molar-refractivity contribution in [2.24, 2.45) is 4.99 Å². The van der Waals surface area contributed by atoms with Crippen LogP contribution in [0, 0.1) is 0 Å². The number of β-amino-alcohol motifs (C(OH)–C–C–N with tert-alkyl or cyclic N) is 1. The Hall–Kier alpha value is -1.39. The summed E-state index contributed by atoms with van der Waals surface area (Å²) >= 11 is 0. The summed E-state index contributed by atoms with van der Waals surface area (Å²) in [5.74, 6) is 0.660. The van der Waals surface area contributed by atoms with E-state index >= 15 is 0 Å². The predicted octanol–water partition coefficient (Wildman–Crippen LogP) is 1.40. The normalized spacial score (nSPS) is 17.1. The monoisotopic (exact) mass is 503 g/mol. The van der Waals surface area contributed by atoms with E-state index in [1.807, 2.05) is 12.1 Å². The topological polar surface area (TPSA) is 80.2 Å². The molecule has 0 saturated carbocycles. The van der Waals surface area contributed by atoms with Gasteiger partial charge in [-0.2, -0.15) is 0 Å². The largest absolute Gasteiger partial charge is 0.392 e. The van der Waals surface area contributed by atoms with E-state index in [9.17, 15) is 9.90 Å². The van der Waals surface area contributed by atoms with Gasteiger partial charge in [-0.3, -0.25) is 9.69 Å². The number of halogens is 1. The van der Waals surface area contributed by atoms with E-state index in [-0.39, 0.29) is 42.5 Å². The standard InChI is InChI=1S/C20H33N5O2.HI/c1-4-10-21-20(23-13-19(27)24(2)3)22-12-16-7-5-6-8-17(16)14-25-11-9-18(26)15-25;/h5-8,18,26H,4,9-15H2,1-3H3,(H2,21,22,23);1H. The maximum absolute atomic E-state index is 11.8. The van der Waals surface area contributed by atoms with E-state index in [0.29, 0.717) is 12.5 Å². The second kappa shape index (κ2) is 12.9. The van der Waals surface area contributed by atoms with Crippen molar-refractivity contribution in [3.8, 4) is 0 Å². The van der Waals surface area contributed by atoms with Gasteiger partial charge in [0.05, 0.1) is 19.2 Å². The first-order chi connectivity index (χ1) is 13.0. The van der Waals surface area contributed by atoms with E-state index in [1.165, 1.54) is 5.56 Å². The summed E-state index contributed by atoms with van der Waals surface area (Å²) in [4.78, 5) is 20.3. The zero-order valence-corrected chi connectivity index (χ0v) is 19.5. The number of hydrogen-bond donors (Lipinski definition) is 3. The van der Waals surface area contributed by atoms with Crippen LogP contribution in [0.1, 0.15) is 30.9 Å². The first kappa shape index (κ1) is 24.6. The Morgan fingerprint density at radius 2 is 2.00 bits per heavy atom. The quantitative estimate of drug-likeness (QED) is 0.284. The summed E-state index contributed by atoms with van der Waals surface area (Å²) in [6, 6.07) is 8.28. The SMILES string of the molecule is CCCNC(=NCc1ccccc1CN1CCC(O)C1)NCC(=O)N(C)C.I. The summed E-state index contributed by atoms with van der Waals surface area (Å²) in [6.07, 6.45) is 1.62. The summed E-state index contributed by atoms with van der Waals surface area (Å²) < 4.78 is 0. The van der Waals surface area contributed by atoms with Gasteiger partial charge >= 0.3 is 0 Å². The number of likely N-dealkylation sites (tertiary alicyclic amines) is 1. The fraction of sp³-hybridized carbons (Fsp3) is 0.600. The lowest BCUT2D eigenvalue weighted by Crippen LogP contribution is -2.43. The van der Waals surface area contributed by atoms with E-state index in [2.05, 4.69) is 39.6 Å². The van der Waals surface area contributed by atoms with Crippen LogP contribution in [0.2, 0.25) is 0 Å². The first-order valence-corrected chi connectivity index (χ1v) is 9.69. The minimum absolute atomic E-state index is 0. The van der Waals surface area contributed by atoms with Gasteiger partial charge in [0, 0.05) is 40.3 Å². The first-order valence-electron chi connectivity index (χ1n) is 9.69. The number of nitrogens with one attached hydrogen (secondary N) is 2. The number of amides is 1. The average molecular weight is 503 g/mol. The highest BCUT2D eigenvalue weighted by molar-refractivity contribution is 14.0. The third-order valence-electron chi connectivity index (χ3n) is 4.62. The molecule has 1 unspecified atom stereocenters. The minimum atomic E-state index is -0.210. The average Bonchev–Trinajstić information content (AvgIpc) is 3.06. The smallest absolute Gasteiger partial charge is 0.241 e. The Balaban J connectivity index is 0.00000392. The highest BCUT2D eigenvalue weighted by atomic mass is 127. The number of benzene rings is 1. The zero-order valence-electron chi connectivity index (χ0n) is 17.1. The van der Waals surface area contributed by atoms with Crippen LogP contribution >= 0.6 is 24.0 Å². The van der Waals surface area contributed by atoms with Gasteiger partial charge in [0.1, 0.15) is 0 Å². The predicted molar refractivity (Wildman–Crippen MR) is 124 cm³/mol. The van der Waals surface area contributed by atoms with Gasteiger partial charge in [0.15, 0.2) is 5.96 Å². The van der Waals surface area contributed by atoms with E-state index in [0.717, 1.165) is 44.6 Å². The molecule has 0 bridgehead atoms. The third-order valence-corrected chi connectivity index (χ3v) is 4.62. The molecule has 1 aliphatic heterocycles. The molecule has 0 radical (unpaired) electrons. The van der Waals surface area contributed by atoms with Crippen LogP contribution in [0.3, 0.4) is 0 Å². The van der Waals surface area contributed by atoms with Crippen molar-refractivity contribution >= 4 is 35.8 Å². The molecule has 7 nitrogen and oxygen atoms in total.